The summed E-state index contributed by atoms with van der Waals surface area (Å²) in [4.78, 5) is 11.8. The minimum Gasteiger partial charge on any atom is -0.355 e. The Morgan fingerprint density at radius 2 is 1.62 bits per heavy atom. The average Bonchev–Trinajstić information content (AvgIpc) is 2.07. The molecule has 0 radical (unpaired) electrons. The molecule has 3 heteroatoms. The SMILES string of the molecule is C[C@@H](SCC(C)(C)C)C(=O)NCC(C)(C)C. The Balaban J connectivity index is 3.92. The first-order chi connectivity index (χ1) is 7.01. The molecule has 1 N–H and O–H groups in total. The summed E-state index contributed by atoms with van der Waals surface area (Å²) < 4.78 is 0. The fraction of sp³-hybridized carbons (Fsp3) is 0.923. The molecule has 0 rings (SSSR count). The van der Waals surface area contributed by atoms with Gasteiger partial charge in [0.25, 0.3) is 0 Å². The molecule has 0 aliphatic heterocycles. The molecule has 0 unspecified atom stereocenters. The lowest BCUT2D eigenvalue weighted by molar-refractivity contribution is -0.120. The zero-order chi connectivity index (χ0) is 13.0. The third-order valence-corrected chi connectivity index (χ3v) is 3.68. The molecule has 0 fully saturated rings. The van der Waals surface area contributed by atoms with Crippen LogP contribution in [0.5, 0.6) is 0 Å². The Morgan fingerprint density at radius 3 is 2.00 bits per heavy atom. The summed E-state index contributed by atoms with van der Waals surface area (Å²) in [5, 5.41) is 3.04. The van der Waals surface area contributed by atoms with Gasteiger partial charge in [-0.15, -0.1) is 11.8 Å². The van der Waals surface area contributed by atoms with E-state index in [1.165, 1.54) is 0 Å². The highest BCUT2D eigenvalue weighted by molar-refractivity contribution is 8.00. The first-order valence-corrected chi connectivity index (χ1v) is 6.95. The number of nitrogens with one attached hydrogen (secondary N) is 1. The van der Waals surface area contributed by atoms with E-state index in [0.29, 0.717) is 0 Å². The highest BCUT2D eigenvalue weighted by atomic mass is 32.2. The molecular formula is C13H27NOS. The van der Waals surface area contributed by atoms with Crippen molar-refractivity contribution in [2.75, 3.05) is 12.3 Å². The molecule has 96 valence electrons. The van der Waals surface area contributed by atoms with E-state index in [1.54, 1.807) is 11.8 Å². The Kier molecular flexibility index (Phi) is 5.88. The van der Waals surface area contributed by atoms with Crippen LogP contribution < -0.4 is 5.32 Å². The molecule has 0 aliphatic rings. The molecule has 16 heavy (non-hydrogen) atoms. The standard InChI is InChI=1S/C13H27NOS/c1-10(16-9-13(5,6)7)11(15)14-8-12(2,3)4/h10H,8-9H2,1-7H3,(H,14,15)/t10-/m1/s1. The predicted molar refractivity (Wildman–Crippen MR) is 73.8 cm³/mol. The molecule has 0 aromatic heterocycles. The van der Waals surface area contributed by atoms with Crippen LogP contribution in [0.3, 0.4) is 0 Å². The zero-order valence-electron chi connectivity index (χ0n) is 11.8. The van der Waals surface area contributed by atoms with Crippen LogP contribution in [0.2, 0.25) is 0 Å². The molecule has 2 nitrogen and oxygen atoms in total. The Morgan fingerprint density at radius 1 is 1.12 bits per heavy atom. The van der Waals surface area contributed by atoms with Crippen molar-refractivity contribution in [1.29, 1.82) is 0 Å². The van der Waals surface area contributed by atoms with Crippen LogP contribution in [0, 0.1) is 10.8 Å². The van der Waals surface area contributed by atoms with Crippen molar-refractivity contribution in [3.8, 4) is 0 Å². The lowest BCUT2D eigenvalue weighted by Gasteiger charge is -2.22. The molecule has 0 aromatic rings. The molecule has 0 heterocycles. The average molecular weight is 245 g/mol. The summed E-state index contributed by atoms with van der Waals surface area (Å²) in [5.74, 6) is 1.17. The van der Waals surface area contributed by atoms with E-state index in [9.17, 15) is 4.79 Å². The van der Waals surface area contributed by atoms with Crippen LogP contribution in [0.15, 0.2) is 0 Å². The smallest absolute Gasteiger partial charge is 0.232 e. The van der Waals surface area contributed by atoms with Gasteiger partial charge >= 0.3 is 0 Å². The Hall–Kier alpha value is -0.180. The number of hydrogen-bond acceptors (Lipinski definition) is 2. The normalized spacial score (nSPS) is 14.7. The predicted octanol–water partition coefficient (Wildman–Crippen LogP) is 3.32. The van der Waals surface area contributed by atoms with E-state index < -0.39 is 0 Å². The van der Waals surface area contributed by atoms with Gasteiger partial charge in [0, 0.05) is 6.54 Å². The summed E-state index contributed by atoms with van der Waals surface area (Å²) in [7, 11) is 0. The third kappa shape index (κ3) is 9.08. The number of carbonyl (C=O) groups excluding carboxylic acids is 1. The van der Waals surface area contributed by atoms with Crippen molar-refractivity contribution in [1.82, 2.24) is 5.32 Å². The van der Waals surface area contributed by atoms with Crippen molar-refractivity contribution < 1.29 is 4.79 Å². The maximum Gasteiger partial charge on any atom is 0.232 e. The van der Waals surface area contributed by atoms with E-state index in [1.807, 2.05) is 6.92 Å². The van der Waals surface area contributed by atoms with Gasteiger partial charge in [0.2, 0.25) is 5.91 Å². The summed E-state index contributed by atoms with van der Waals surface area (Å²) in [6, 6.07) is 0. The molecule has 1 atom stereocenters. The topological polar surface area (TPSA) is 29.1 Å². The van der Waals surface area contributed by atoms with Crippen molar-refractivity contribution in [3.63, 3.8) is 0 Å². The summed E-state index contributed by atoms with van der Waals surface area (Å²) in [5.41, 5.74) is 0.438. The number of thioether (sulfide) groups is 1. The van der Waals surface area contributed by atoms with Crippen LogP contribution in [0.4, 0.5) is 0 Å². The van der Waals surface area contributed by atoms with Gasteiger partial charge in [-0.1, -0.05) is 41.5 Å². The number of amides is 1. The minimum absolute atomic E-state index is 0.0431. The number of hydrogen-bond donors (Lipinski definition) is 1. The first kappa shape index (κ1) is 15.8. The fourth-order valence-electron chi connectivity index (χ4n) is 0.947. The van der Waals surface area contributed by atoms with E-state index in [4.69, 9.17) is 0 Å². The maximum atomic E-state index is 11.8. The van der Waals surface area contributed by atoms with Gasteiger partial charge in [0.1, 0.15) is 0 Å². The number of rotatable bonds is 4. The van der Waals surface area contributed by atoms with Gasteiger partial charge in [0.15, 0.2) is 0 Å². The zero-order valence-corrected chi connectivity index (χ0v) is 12.6. The molecule has 0 aromatic carbocycles. The second-order valence-corrected chi connectivity index (χ2v) is 8.12. The van der Waals surface area contributed by atoms with Gasteiger partial charge in [-0.3, -0.25) is 4.79 Å². The minimum atomic E-state index is 0.0431. The molecular weight excluding hydrogens is 218 g/mol. The molecule has 0 spiro atoms. The first-order valence-electron chi connectivity index (χ1n) is 5.91. The van der Waals surface area contributed by atoms with Gasteiger partial charge in [-0.05, 0) is 23.5 Å². The van der Waals surface area contributed by atoms with Gasteiger partial charge in [0.05, 0.1) is 5.25 Å². The highest BCUT2D eigenvalue weighted by Gasteiger charge is 2.19. The van der Waals surface area contributed by atoms with Crippen LogP contribution >= 0.6 is 11.8 Å². The monoisotopic (exact) mass is 245 g/mol. The molecule has 0 bridgehead atoms. The van der Waals surface area contributed by atoms with E-state index in [-0.39, 0.29) is 22.0 Å². The highest BCUT2D eigenvalue weighted by Crippen LogP contribution is 2.23. The van der Waals surface area contributed by atoms with Crippen LogP contribution in [-0.4, -0.2) is 23.5 Å². The molecule has 0 saturated carbocycles. The Labute approximate surface area is 105 Å². The van der Waals surface area contributed by atoms with Gasteiger partial charge < -0.3 is 5.32 Å². The second-order valence-electron chi connectivity index (χ2n) is 6.79. The second kappa shape index (κ2) is 5.95. The van der Waals surface area contributed by atoms with Gasteiger partial charge in [-0.25, -0.2) is 0 Å². The van der Waals surface area contributed by atoms with E-state index >= 15 is 0 Å². The summed E-state index contributed by atoms with van der Waals surface area (Å²) in [6.45, 7) is 15.7. The summed E-state index contributed by atoms with van der Waals surface area (Å²) in [6.07, 6.45) is 0. The van der Waals surface area contributed by atoms with Crippen molar-refractivity contribution in [2.45, 2.75) is 53.7 Å². The Bertz CT molecular complexity index is 225. The molecule has 0 saturated heterocycles. The lowest BCUT2D eigenvalue weighted by atomic mass is 9.97. The van der Waals surface area contributed by atoms with Crippen molar-refractivity contribution in [2.24, 2.45) is 10.8 Å². The van der Waals surface area contributed by atoms with Crippen LogP contribution in [0.1, 0.15) is 48.5 Å². The number of carbonyl (C=O) groups is 1. The molecule has 1 amide bonds. The van der Waals surface area contributed by atoms with Crippen LogP contribution in [0.25, 0.3) is 0 Å². The quantitative estimate of drug-likeness (QED) is 0.823. The van der Waals surface area contributed by atoms with E-state index in [2.05, 4.69) is 46.9 Å². The van der Waals surface area contributed by atoms with Crippen molar-refractivity contribution >= 4 is 17.7 Å². The third-order valence-electron chi connectivity index (χ3n) is 1.93. The van der Waals surface area contributed by atoms with E-state index in [0.717, 1.165) is 12.3 Å². The lowest BCUT2D eigenvalue weighted by Crippen LogP contribution is -2.37. The molecule has 0 aliphatic carbocycles. The fourth-order valence-corrected chi connectivity index (χ4v) is 1.93. The van der Waals surface area contributed by atoms with Crippen molar-refractivity contribution in [3.05, 3.63) is 0 Å². The largest absolute Gasteiger partial charge is 0.355 e. The van der Waals surface area contributed by atoms with Crippen LogP contribution in [-0.2, 0) is 4.79 Å². The maximum absolute atomic E-state index is 11.8. The summed E-state index contributed by atoms with van der Waals surface area (Å²) >= 11 is 1.73. The van der Waals surface area contributed by atoms with Gasteiger partial charge in [-0.2, -0.15) is 0 Å².